The molecule has 0 saturated heterocycles. The first kappa shape index (κ1) is 12.2. The van der Waals surface area contributed by atoms with Crippen LogP contribution < -0.4 is 5.32 Å². The fraction of sp³-hybridized carbons (Fsp3) is 0.500. The predicted molar refractivity (Wildman–Crippen MR) is 60.8 cm³/mol. The Morgan fingerprint density at radius 1 is 1.00 bits per heavy atom. The number of hydrogen-bond acceptors (Lipinski definition) is 3. The van der Waals surface area contributed by atoms with Crippen molar-refractivity contribution >= 4 is 0 Å². The van der Waals surface area contributed by atoms with Crippen LogP contribution in [0.1, 0.15) is 5.56 Å². The highest BCUT2D eigenvalue weighted by atomic mass is 16.5. The van der Waals surface area contributed by atoms with Crippen molar-refractivity contribution in [2.75, 3.05) is 33.4 Å². The Bertz CT molecular complexity index is 239. The molecule has 1 aromatic carbocycles. The van der Waals surface area contributed by atoms with E-state index in [0.717, 1.165) is 13.2 Å². The van der Waals surface area contributed by atoms with Crippen molar-refractivity contribution in [1.29, 1.82) is 0 Å². The van der Waals surface area contributed by atoms with E-state index in [9.17, 15) is 0 Å². The van der Waals surface area contributed by atoms with Crippen molar-refractivity contribution in [3.8, 4) is 0 Å². The standard InChI is InChI=1S/C12H19NO2/c1-13-7-8-14-9-10-15-11-12-5-3-2-4-6-12/h2-6,13H,7-11H2,1H3. The molecule has 0 aromatic heterocycles. The fourth-order valence-electron chi connectivity index (χ4n) is 1.16. The molecule has 1 N–H and O–H groups in total. The van der Waals surface area contributed by atoms with Crippen LogP contribution in [0.3, 0.4) is 0 Å². The lowest BCUT2D eigenvalue weighted by atomic mass is 10.2. The molecule has 0 atom stereocenters. The number of benzene rings is 1. The second kappa shape index (κ2) is 8.41. The monoisotopic (exact) mass is 209 g/mol. The van der Waals surface area contributed by atoms with Crippen LogP contribution in [0.15, 0.2) is 30.3 Å². The van der Waals surface area contributed by atoms with E-state index in [1.165, 1.54) is 5.56 Å². The summed E-state index contributed by atoms with van der Waals surface area (Å²) in [6.45, 7) is 3.60. The van der Waals surface area contributed by atoms with Crippen molar-refractivity contribution in [2.45, 2.75) is 6.61 Å². The second-order valence-corrected chi connectivity index (χ2v) is 3.25. The molecule has 0 aliphatic carbocycles. The van der Waals surface area contributed by atoms with Gasteiger partial charge in [0, 0.05) is 6.54 Å². The Morgan fingerprint density at radius 2 is 1.73 bits per heavy atom. The van der Waals surface area contributed by atoms with Crippen molar-refractivity contribution < 1.29 is 9.47 Å². The maximum atomic E-state index is 5.45. The van der Waals surface area contributed by atoms with E-state index in [1.807, 2.05) is 25.2 Å². The summed E-state index contributed by atoms with van der Waals surface area (Å²) in [6, 6.07) is 10.2. The number of ether oxygens (including phenoxy) is 2. The summed E-state index contributed by atoms with van der Waals surface area (Å²) in [7, 11) is 1.91. The quantitative estimate of drug-likeness (QED) is 0.657. The molecule has 1 aromatic rings. The van der Waals surface area contributed by atoms with Crippen molar-refractivity contribution in [3.63, 3.8) is 0 Å². The molecule has 3 nitrogen and oxygen atoms in total. The zero-order valence-electron chi connectivity index (χ0n) is 9.24. The first-order valence-corrected chi connectivity index (χ1v) is 5.27. The van der Waals surface area contributed by atoms with Gasteiger partial charge in [-0.2, -0.15) is 0 Å². The number of hydrogen-bond donors (Lipinski definition) is 1. The van der Waals surface area contributed by atoms with Gasteiger partial charge >= 0.3 is 0 Å². The van der Waals surface area contributed by atoms with Crippen LogP contribution in [-0.2, 0) is 16.1 Å². The smallest absolute Gasteiger partial charge is 0.0718 e. The van der Waals surface area contributed by atoms with Crippen LogP contribution in [0.2, 0.25) is 0 Å². The summed E-state index contributed by atoms with van der Waals surface area (Å²) in [5, 5.41) is 3.02. The molecule has 0 bridgehead atoms. The van der Waals surface area contributed by atoms with Gasteiger partial charge in [-0.25, -0.2) is 0 Å². The van der Waals surface area contributed by atoms with E-state index in [2.05, 4.69) is 17.4 Å². The molecule has 0 fully saturated rings. The summed E-state index contributed by atoms with van der Waals surface area (Å²) in [5.41, 5.74) is 1.20. The molecule has 0 heterocycles. The van der Waals surface area contributed by atoms with Gasteiger partial charge in [0.25, 0.3) is 0 Å². The lowest BCUT2D eigenvalue weighted by Gasteiger charge is -2.05. The molecule has 0 aliphatic heterocycles. The third kappa shape index (κ3) is 6.23. The third-order valence-corrected chi connectivity index (χ3v) is 1.98. The van der Waals surface area contributed by atoms with Crippen LogP contribution in [-0.4, -0.2) is 33.4 Å². The molecule has 1 rings (SSSR count). The Balaban J connectivity index is 1.93. The number of rotatable bonds is 8. The predicted octanol–water partition coefficient (Wildman–Crippen LogP) is 1.44. The molecule has 0 spiro atoms. The summed E-state index contributed by atoms with van der Waals surface area (Å²) in [4.78, 5) is 0. The number of nitrogens with one attached hydrogen (secondary N) is 1. The first-order valence-electron chi connectivity index (χ1n) is 5.27. The Hall–Kier alpha value is -0.900. The molecule has 0 aliphatic rings. The molecular weight excluding hydrogens is 190 g/mol. The van der Waals surface area contributed by atoms with E-state index in [0.29, 0.717) is 19.8 Å². The van der Waals surface area contributed by atoms with Gasteiger partial charge in [-0.1, -0.05) is 30.3 Å². The zero-order valence-corrected chi connectivity index (χ0v) is 9.24. The average molecular weight is 209 g/mol. The summed E-state index contributed by atoms with van der Waals surface area (Å²) >= 11 is 0. The van der Waals surface area contributed by atoms with Crippen molar-refractivity contribution in [3.05, 3.63) is 35.9 Å². The lowest BCUT2D eigenvalue weighted by Crippen LogP contribution is -2.16. The van der Waals surface area contributed by atoms with Gasteiger partial charge in [0.15, 0.2) is 0 Å². The molecular formula is C12H19NO2. The number of likely N-dealkylation sites (N-methyl/N-ethyl adjacent to an activating group) is 1. The minimum atomic E-state index is 0.651. The van der Waals surface area contributed by atoms with E-state index >= 15 is 0 Å². The van der Waals surface area contributed by atoms with E-state index < -0.39 is 0 Å². The summed E-state index contributed by atoms with van der Waals surface area (Å²) < 4.78 is 10.8. The lowest BCUT2D eigenvalue weighted by molar-refractivity contribution is 0.0420. The zero-order chi connectivity index (χ0) is 10.8. The Morgan fingerprint density at radius 3 is 2.47 bits per heavy atom. The maximum Gasteiger partial charge on any atom is 0.0718 e. The van der Waals surface area contributed by atoms with Gasteiger partial charge in [0.05, 0.1) is 26.4 Å². The van der Waals surface area contributed by atoms with Gasteiger partial charge in [-0.05, 0) is 12.6 Å². The first-order chi connectivity index (χ1) is 7.43. The van der Waals surface area contributed by atoms with Crippen LogP contribution >= 0.6 is 0 Å². The minimum Gasteiger partial charge on any atom is -0.378 e. The van der Waals surface area contributed by atoms with Gasteiger partial charge < -0.3 is 14.8 Å². The SMILES string of the molecule is CNCCOCCOCc1ccccc1. The Labute approximate surface area is 91.4 Å². The fourth-order valence-corrected chi connectivity index (χ4v) is 1.16. The highest BCUT2D eigenvalue weighted by Gasteiger charge is 1.91. The van der Waals surface area contributed by atoms with Gasteiger partial charge in [-0.15, -0.1) is 0 Å². The van der Waals surface area contributed by atoms with Crippen LogP contribution in [0.4, 0.5) is 0 Å². The topological polar surface area (TPSA) is 30.5 Å². The molecule has 84 valence electrons. The molecule has 0 saturated carbocycles. The van der Waals surface area contributed by atoms with Crippen LogP contribution in [0.5, 0.6) is 0 Å². The average Bonchev–Trinajstić information content (AvgIpc) is 2.29. The molecule has 0 amide bonds. The normalized spacial score (nSPS) is 10.5. The van der Waals surface area contributed by atoms with Crippen molar-refractivity contribution in [2.24, 2.45) is 0 Å². The van der Waals surface area contributed by atoms with Gasteiger partial charge in [0.1, 0.15) is 0 Å². The minimum absolute atomic E-state index is 0.651. The molecule has 0 radical (unpaired) electrons. The largest absolute Gasteiger partial charge is 0.378 e. The summed E-state index contributed by atoms with van der Waals surface area (Å²) in [5.74, 6) is 0. The van der Waals surface area contributed by atoms with Gasteiger partial charge in [-0.3, -0.25) is 0 Å². The highest BCUT2D eigenvalue weighted by molar-refractivity contribution is 5.13. The summed E-state index contributed by atoms with van der Waals surface area (Å²) in [6.07, 6.45) is 0. The molecule has 3 heteroatoms. The van der Waals surface area contributed by atoms with E-state index in [1.54, 1.807) is 0 Å². The van der Waals surface area contributed by atoms with E-state index in [4.69, 9.17) is 9.47 Å². The molecule has 15 heavy (non-hydrogen) atoms. The van der Waals surface area contributed by atoms with E-state index in [-0.39, 0.29) is 0 Å². The molecule has 0 unspecified atom stereocenters. The highest BCUT2D eigenvalue weighted by Crippen LogP contribution is 1.99. The van der Waals surface area contributed by atoms with Crippen molar-refractivity contribution in [1.82, 2.24) is 5.32 Å². The third-order valence-electron chi connectivity index (χ3n) is 1.98. The van der Waals surface area contributed by atoms with Crippen LogP contribution in [0, 0.1) is 0 Å². The second-order valence-electron chi connectivity index (χ2n) is 3.25. The maximum absolute atomic E-state index is 5.45. The van der Waals surface area contributed by atoms with Gasteiger partial charge in [0.2, 0.25) is 0 Å². The Kier molecular flexibility index (Phi) is 6.83. The van der Waals surface area contributed by atoms with Crippen LogP contribution in [0.25, 0.3) is 0 Å².